The normalized spacial score (nSPS) is 22.9. The lowest BCUT2D eigenvalue weighted by Crippen LogP contribution is -2.45. The van der Waals surface area contributed by atoms with Gasteiger partial charge in [-0.3, -0.25) is 4.79 Å². The number of likely N-dealkylation sites (N-methyl/N-ethyl adjacent to an activating group) is 1. The van der Waals surface area contributed by atoms with Gasteiger partial charge in [-0.2, -0.15) is 4.31 Å². The first-order chi connectivity index (χ1) is 11.9. The zero-order chi connectivity index (χ0) is 18.0. The zero-order valence-electron chi connectivity index (χ0n) is 15.1. The molecule has 0 aromatic heterocycles. The second kappa shape index (κ2) is 7.46. The van der Waals surface area contributed by atoms with Gasteiger partial charge in [0.2, 0.25) is 15.9 Å². The highest BCUT2D eigenvalue weighted by molar-refractivity contribution is 7.89. The van der Waals surface area contributed by atoms with Crippen molar-refractivity contribution in [2.75, 3.05) is 20.6 Å². The van der Waals surface area contributed by atoms with Gasteiger partial charge in [-0.05, 0) is 49.3 Å². The van der Waals surface area contributed by atoms with Crippen molar-refractivity contribution in [2.24, 2.45) is 0 Å². The molecule has 2 aliphatic rings. The summed E-state index contributed by atoms with van der Waals surface area (Å²) < 4.78 is 27.4. The molecule has 1 heterocycles. The Balaban J connectivity index is 1.80. The van der Waals surface area contributed by atoms with Crippen molar-refractivity contribution >= 4 is 15.9 Å². The molecule has 1 atom stereocenters. The van der Waals surface area contributed by atoms with E-state index in [1.165, 1.54) is 46.9 Å². The fourth-order valence-electron chi connectivity index (χ4n) is 4.06. The Morgan fingerprint density at radius 1 is 1.00 bits per heavy atom. The molecule has 5 nitrogen and oxygen atoms in total. The number of carbonyl (C=O) groups is 1. The predicted molar refractivity (Wildman–Crippen MR) is 97.9 cm³/mol. The summed E-state index contributed by atoms with van der Waals surface area (Å²) in [4.78, 5) is 14.1. The zero-order valence-corrected chi connectivity index (χ0v) is 16.0. The van der Waals surface area contributed by atoms with Crippen LogP contribution in [0, 0.1) is 0 Å². The summed E-state index contributed by atoms with van der Waals surface area (Å²) in [7, 11) is -0.286. The second-order valence-electron chi connectivity index (χ2n) is 7.41. The number of carbonyl (C=O) groups excluding carboxylic acids is 1. The van der Waals surface area contributed by atoms with Gasteiger partial charge < -0.3 is 4.90 Å². The van der Waals surface area contributed by atoms with Crippen LogP contribution in [0.25, 0.3) is 0 Å². The molecule has 1 aromatic carbocycles. The summed E-state index contributed by atoms with van der Waals surface area (Å²) in [6, 6.07) is 6.78. The van der Waals surface area contributed by atoms with Crippen LogP contribution in [0.1, 0.15) is 56.4 Å². The highest BCUT2D eigenvalue weighted by atomic mass is 32.2. The number of rotatable bonds is 4. The van der Waals surface area contributed by atoms with Gasteiger partial charge in [0.1, 0.15) is 6.04 Å². The molecule has 1 aromatic rings. The summed E-state index contributed by atoms with van der Waals surface area (Å²) in [5.74, 6) is 0.417. The molecule has 138 valence electrons. The second-order valence-corrected chi connectivity index (χ2v) is 9.30. The smallest absolute Gasteiger partial charge is 0.243 e. The van der Waals surface area contributed by atoms with Gasteiger partial charge in [0.15, 0.2) is 0 Å². The van der Waals surface area contributed by atoms with Crippen molar-refractivity contribution in [3.63, 3.8) is 0 Å². The minimum atomic E-state index is -3.63. The van der Waals surface area contributed by atoms with Crippen molar-refractivity contribution in [1.29, 1.82) is 0 Å². The van der Waals surface area contributed by atoms with Crippen LogP contribution in [0.4, 0.5) is 0 Å². The molecule has 2 fully saturated rings. The van der Waals surface area contributed by atoms with E-state index in [0.717, 1.165) is 6.42 Å². The molecule has 6 heteroatoms. The van der Waals surface area contributed by atoms with E-state index in [2.05, 4.69) is 0 Å². The number of hydrogen-bond donors (Lipinski definition) is 0. The first-order valence-electron chi connectivity index (χ1n) is 9.24. The molecule has 1 aliphatic heterocycles. The third-order valence-electron chi connectivity index (χ3n) is 5.49. The van der Waals surface area contributed by atoms with Crippen LogP contribution < -0.4 is 0 Å². The van der Waals surface area contributed by atoms with Crippen molar-refractivity contribution in [2.45, 2.75) is 61.8 Å². The molecule has 0 spiro atoms. The van der Waals surface area contributed by atoms with Crippen molar-refractivity contribution in [1.82, 2.24) is 9.21 Å². The first-order valence-corrected chi connectivity index (χ1v) is 10.7. The average Bonchev–Trinajstić information content (AvgIpc) is 3.12. The largest absolute Gasteiger partial charge is 0.347 e. The van der Waals surface area contributed by atoms with Gasteiger partial charge in [0, 0.05) is 20.6 Å². The fourth-order valence-corrected chi connectivity index (χ4v) is 5.71. The molecular weight excluding hydrogens is 336 g/mol. The van der Waals surface area contributed by atoms with E-state index in [0.29, 0.717) is 23.8 Å². The number of benzene rings is 1. The van der Waals surface area contributed by atoms with E-state index < -0.39 is 16.1 Å². The molecule has 0 bridgehead atoms. The van der Waals surface area contributed by atoms with E-state index in [1.807, 2.05) is 12.1 Å². The van der Waals surface area contributed by atoms with Crippen molar-refractivity contribution in [3.8, 4) is 0 Å². The summed E-state index contributed by atoms with van der Waals surface area (Å²) in [6.07, 6.45) is 7.52. The maximum Gasteiger partial charge on any atom is 0.243 e. The van der Waals surface area contributed by atoms with Crippen LogP contribution in [0.2, 0.25) is 0 Å². The van der Waals surface area contributed by atoms with Gasteiger partial charge in [0.05, 0.1) is 4.90 Å². The molecule has 3 rings (SSSR count). The van der Waals surface area contributed by atoms with Crippen LogP contribution in [0.15, 0.2) is 29.2 Å². The number of nitrogens with zero attached hydrogens (tertiary/aromatic N) is 2. The van der Waals surface area contributed by atoms with Gasteiger partial charge >= 0.3 is 0 Å². The van der Waals surface area contributed by atoms with Gasteiger partial charge in [-0.15, -0.1) is 0 Å². The Labute approximate surface area is 151 Å². The van der Waals surface area contributed by atoms with E-state index >= 15 is 0 Å². The number of sulfonamides is 1. The SMILES string of the molecule is CN(C)C(=O)[C@@H]1CCCN1S(=O)(=O)c1ccc(C2CCCCC2)cc1. The van der Waals surface area contributed by atoms with Crippen molar-refractivity contribution in [3.05, 3.63) is 29.8 Å². The summed E-state index contributed by atoms with van der Waals surface area (Å²) in [5, 5.41) is 0. The molecule has 0 unspecified atom stereocenters. The molecule has 25 heavy (non-hydrogen) atoms. The lowest BCUT2D eigenvalue weighted by molar-refractivity contribution is -0.132. The molecule has 0 radical (unpaired) electrons. The number of hydrogen-bond acceptors (Lipinski definition) is 3. The predicted octanol–water partition coefficient (Wildman–Crippen LogP) is 2.98. The highest BCUT2D eigenvalue weighted by Gasteiger charge is 2.40. The van der Waals surface area contributed by atoms with E-state index in [-0.39, 0.29) is 5.91 Å². The highest BCUT2D eigenvalue weighted by Crippen LogP contribution is 2.34. The topological polar surface area (TPSA) is 57.7 Å². The Bertz CT molecular complexity index is 707. The Kier molecular flexibility index (Phi) is 5.49. The van der Waals surface area contributed by atoms with Crippen molar-refractivity contribution < 1.29 is 13.2 Å². The van der Waals surface area contributed by atoms with E-state index in [4.69, 9.17) is 0 Å². The standard InChI is InChI=1S/C19H28N2O3S/c1-20(2)19(22)18-9-6-14-21(18)25(23,24)17-12-10-16(11-13-17)15-7-4-3-5-8-15/h10-13,15,18H,3-9,14H2,1-2H3/t18-/m0/s1. The van der Waals surface area contributed by atoms with Crippen LogP contribution in [-0.4, -0.2) is 50.2 Å². The minimum absolute atomic E-state index is 0.139. The summed E-state index contributed by atoms with van der Waals surface area (Å²) in [5.41, 5.74) is 1.24. The lowest BCUT2D eigenvalue weighted by atomic mass is 9.84. The molecule has 1 saturated heterocycles. The average molecular weight is 365 g/mol. The maximum atomic E-state index is 13.0. The molecule has 1 saturated carbocycles. The van der Waals surface area contributed by atoms with Crippen LogP contribution >= 0.6 is 0 Å². The summed E-state index contributed by atoms with van der Waals surface area (Å²) in [6.45, 7) is 0.414. The van der Waals surface area contributed by atoms with E-state index in [9.17, 15) is 13.2 Å². The van der Waals surface area contributed by atoms with E-state index in [1.54, 1.807) is 26.2 Å². The Hall–Kier alpha value is -1.40. The monoisotopic (exact) mass is 364 g/mol. The maximum absolute atomic E-state index is 13.0. The van der Waals surface area contributed by atoms with Gasteiger partial charge in [-0.25, -0.2) is 8.42 Å². The molecule has 0 N–H and O–H groups in total. The lowest BCUT2D eigenvalue weighted by Gasteiger charge is -2.26. The van der Waals surface area contributed by atoms with Gasteiger partial charge in [0.25, 0.3) is 0 Å². The number of amides is 1. The van der Waals surface area contributed by atoms with Gasteiger partial charge in [-0.1, -0.05) is 31.4 Å². The van der Waals surface area contributed by atoms with Crippen LogP contribution in [0.5, 0.6) is 0 Å². The Morgan fingerprint density at radius 3 is 2.24 bits per heavy atom. The quantitative estimate of drug-likeness (QED) is 0.825. The fraction of sp³-hybridized carbons (Fsp3) is 0.632. The minimum Gasteiger partial charge on any atom is -0.347 e. The molecular formula is C19H28N2O3S. The molecule has 1 amide bonds. The third kappa shape index (κ3) is 3.75. The Morgan fingerprint density at radius 2 is 1.64 bits per heavy atom. The summed E-state index contributed by atoms with van der Waals surface area (Å²) >= 11 is 0. The van der Waals surface area contributed by atoms with Crippen LogP contribution in [-0.2, 0) is 14.8 Å². The first kappa shape index (κ1) is 18.4. The van der Waals surface area contributed by atoms with Crippen LogP contribution in [0.3, 0.4) is 0 Å². The molecule has 1 aliphatic carbocycles. The third-order valence-corrected chi connectivity index (χ3v) is 7.42.